The highest BCUT2D eigenvalue weighted by molar-refractivity contribution is 6.62. The van der Waals surface area contributed by atoms with Crippen LogP contribution in [-0.4, -0.2) is 22.7 Å². The summed E-state index contributed by atoms with van der Waals surface area (Å²) in [7, 11) is -0.283. The fourth-order valence-corrected chi connectivity index (χ4v) is 2.18. The van der Waals surface area contributed by atoms with Crippen molar-refractivity contribution in [3.63, 3.8) is 0 Å². The van der Waals surface area contributed by atoms with Crippen molar-refractivity contribution in [1.29, 1.82) is 0 Å². The minimum atomic E-state index is -0.286. The first-order valence-electron chi connectivity index (χ1n) is 6.31. The van der Waals surface area contributed by atoms with E-state index in [0.717, 1.165) is 11.0 Å². The maximum Gasteiger partial charge on any atom is 0.494 e. The maximum atomic E-state index is 6.04. The van der Waals surface area contributed by atoms with Crippen LogP contribution in [0.15, 0.2) is 36.7 Å². The molecular weight excluding hydrogens is 225 g/mol. The second kappa shape index (κ2) is 3.62. The van der Waals surface area contributed by atoms with Crippen molar-refractivity contribution in [3.05, 3.63) is 36.7 Å². The smallest absolute Gasteiger partial charge is 0.399 e. The van der Waals surface area contributed by atoms with Crippen molar-refractivity contribution in [2.75, 3.05) is 0 Å². The molecule has 0 atom stereocenters. The Balaban J connectivity index is 1.96. The summed E-state index contributed by atoms with van der Waals surface area (Å²) in [6.45, 7) is 8.29. The van der Waals surface area contributed by atoms with Crippen LogP contribution in [0.2, 0.25) is 0 Å². The number of fused-ring (bicyclic) bond motifs is 1. The van der Waals surface area contributed by atoms with Crippen LogP contribution in [0.5, 0.6) is 0 Å². The lowest BCUT2D eigenvalue weighted by molar-refractivity contribution is 0.00578. The van der Waals surface area contributed by atoms with Crippen LogP contribution in [0.4, 0.5) is 0 Å². The van der Waals surface area contributed by atoms with Gasteiger partial charge in [0.2, 0.25) is 0 Å². The Morgan fingerprint density at radius 3 is 2.33 bits per heavy atom. The monoisotopic (exact) mass is 243 g/mol. The lowest BCUT2D eigenvalue weighted by atomic mass is 9.79. The van der Waals surface area contributed by atoms with Gasteiger partial charge in [0.1, 0.15) is 0 Å². The molecule has 4 heteroatoms. The second-order valence-electron chi connectivity index (χ2n) is 5.89. The van der Waals surface area contributed by atoms with E-state index in [1.807, 2.05) is 18.5 Å². The van der Waals surface area contributed by atoms with Crippen molar-refractivity contribution < 1.29 is 9.31 Å². The lowest BCUT2D eigenvalue weighted by Crippen LogP contribution is -2.41. The number of aromatic nitrogens is 1. The molecule has 1 aliphatic heterocycles. The summed E-state index contributed by atoms with van der Waals surface area (Å²) in [6, 6.07) is 8.27. The first-order valence-corrected chi connectivity index (χ1v) is 6.31. The lowest BCUT2D eigenvalue weighted by Gasteiger charge is -2.32. The van der Waals surface area contributed by atoms with Crippen LogP contribution in [0.25, 0.3) is 5.52 Å². The van der Waals surface area contributed by atoms with Gasteiger partial charge in [-0.05, 0) is 57.4 Å². The standard InChI is InChI=1S/C14H18BNO2/c1-13(2)14(3,4)18-15(17-13)11-7-9-16-8-5-6-12(16)10-11/h5-10H,1-4H3. The van der Waals surface area contributed by atoms with Crippen molar-refractivity contribution in [2.45, 2.75) is 38.9 Å². The van der Waals surface area contributed by atoms with E-state index < -0.39 is 0 Å². The fraction of sp³-hybridized carbons (Fsp3) is 0.429. The van der Waals surface area contributed by atoms with E-state index in [9.17, 15) is 0 Å². The first kappa shape index (κ1) is 11.8. The van der Waals surface area contributed by atoms with Gasteiger partial charge in [-0.3, -0.25) is 0 Å². The fourth-order valence-electron chi connectivity index (χ4n) is 2.18. The van der Waals surface area contributed by atoms with E-state index in [-0.39, 0.29) is 18.3 Å². The van der Waals surface area contributed by atoms with E-state index in [4.69, 9.17) is 9.31 Å². The van der Waals surface area contributed by atoms with Gasteiger partial charge in [0.25, 0.3) is 0 Å². The summed E-state index contributed by atoms with van der Waals surface area (Å²) < 4.78 is 14.2. The van der Waals surface area contributed by atoms with Crippen molar-refractivity contribution in [1.82, 2.24) is 4.40 Å². The molecular formula is C14H18BNO2. The SMILES string of the molecule is CC1(C)OB(c2ccn3cccc3c2)OC1(C)C. The number of hydrogen-bond acceptors (Lipinski definition) is 2. The molecule has 0 amide bonds. The van der Waals surface area contributed by atoms with Crippen LogP contribution >= 0.6 is 0 Å². The molecule has 18 heavy (non-hydrogen) atoms. The number of pyridine rings is 1. The molecule has 0 aliphatic carbocycles. The van der Waals surface area contributed by atoms with Gasteiger partial charge in [-0.2, -0.15) is 0 Å². The molecule has 0 bridgehead atoms. The molecule has 3 nitrogen and oxygen atoms in total. The Hall–Kier alpha value is -1.26. The molecule has 1 saturated heterocycles. The van der Waals surface area contributed by atoms with Gasteiger partial charge in [-0.25, -0.2) is 0 Å². The van der Waals surface area contributed by atoms with E-state index in [2.05, 4.69) is 50.3 Å². The normalized spacial score (nSPS) is 21.7. The zero-order valence-corrected chi connectivity index (χ0v) is 11.3. The predicted octanol–water partition coefficient (Wildman–Crippen LogP) is 2.24. The summed E-state index contributed by atoms with van der Waals surface area (Å²) in [6.07, 6.45) is 4.07. The van der Waals surface area contributed by atoms with Crippen molar-refractivity contribution in [2.24, 2.45) is 0 Å². The topological polar surface area (TPSA) is 22.9 Å². The Morgan fingerprint density at radius 1 is 1.00 bits per heavy atom. The van der Waals surface area contributed by atoms with E-state index in [0.29, 0.717) is 0 Å². The zero-order chi connectivity index (χ0) is 13.0. The Morgan fingerprint density at radius 2 is 1.67 bits per heavy atom. The minimum absolute atomic E-state index is 0.283. The largest absolute Gasteiger partial charge is 0.494 e. The van der Waals surface area contributed by atoms with Crippen LogP contribution in [0, 0.1) is 0 Å². The summed E-state index contributed by atoms with van der Waals surface area (Å²) >= 11 is 0. The van der Waals surface area contributed by atoms with Crippen LogP contribution in [0.3, 0.4) is 0 Å². The quantitative estimate of drug-likeness (QED) is 0.717. The van der Waals surface area contributed by atoms with E-state index >= 15 is 0 Å². The molecule has 2 aromatic heterocycles. The van der Waals surface area contributed by atoms with Gasteiger partial charge in [0.05, 0.1) is 11.2 Å². The Kier molecular flexibility index (Phi) is 2.38. The zero-order valence-electron chi connectivity index (χ0n) is 11.3. The molecule has 2 aromatic rings. The van der Waals surface area contributed by atoms with Crippen molar-refractivity contribution in [3.8, 4) is 0 Å². The average molecular weight is 243 g/mol. The second-order valence-corrected chi connectivity index (χ2v) is 5.89. The summed E-state index contributed by atoms with van der Waals surface area (Å²) in [5.74, 6) is 0. The first-order chi connectivity index (χ1) is 8.39. The molecule has 0 spiro atoms. The summed E-state index contributed by atoms with van der Waals surface area (Å²) in [5.41, 5.74) is 1.65. The van der Waals surface area contributed by atoms with Gasteiger partial charge in [-0.15, -0.1) is 0 Å². The third-order valence-corrected chi connectivity index (χ3v) is 4.08. The third-order valence-electron chi connectivity index (χ3n) is 4.08. The van der Waals surface area contributed by atoms with Gasteiger partial charge >= 0.3 is 7.12 Å². The highest BCUT2D eigenvalue weighted by Gasteiger charge is 2.51. The highest BCUT2D eigenvalue weighted by Crippen LogP contribution is 2.36. The summed E-state index contributed by atoms with van der Waals surface area (Å²) in [5, 5.41) is 0. The molecule has 0 radical (unpaired) electrons. The Labute approximate surface area is 108 Å². The summed E-state index contributed by atoms with van der Waals surface area (Å²) in [4.78, 5) is 0. The van der Waals surface area contributed by atoms with Gasteiger partial charge < -0.3 is 13.7 Å². The molecule has 0 unspecified atom stereocenters. The Bertz CT molecular complexity index is 572. The minimum Gasteiger partial charge on any atom is -0.399 e. The van der Waals surface area contributed by atoms with Crippen LogP contribution in [-0.2, 0) is 9.31 Å². The number of hydrogen-bond donors (Lipinski definition) is 0. The predicted molar refractivity (Wildman–Crippen MR) is 73.1 cm³/mol. The third kappa shape index (κ3) is 1.68. The number of rotatable bonds is 1. The molecule has 3 rings (SSSR count). The average Bonchev–Trinajstić information content (AvgIpc) is 2.80. The number of nitrogens with zero attached hydrogens (tertiary/aromatic N) is 1. The van der Waals surface area contributed by atoms with Crippen LogP contribution < -0.4 is 5.46 Å². The van der Waals surface area contributed by atoms with Gasteiger partial charge in [-0.1, -0.05) is 0 Å². The molecule has 0 aromatic carbocycles. The molecule has 3 heterocycles. The van der Waals surface area contributed by atoms with Crippen LogP contribution in [0.1, 0.15) is 27.7 Å². The van der Waals surface area contributed by atoms with E-state index in [1.54, 1.807) is 0 Å². The van der Waals surface area contributed by atoms with Crippen molar-refractivity contribution >= 4 is 18.1 Å². The molecule has 94 valence electrons. The molecule has 0 N–H and O–H groups in total. The highest BCUT2D eigenvalue weighted by atomic mass is 16.7. The molecule has 1 aliphatic rings. The van der Waals surface area contributed by atoms with Gasteiger partial charge in [0.15, 0.2) is 0 Å². The van der Waals surface area contributed by atoms with E-state index in [1.165, 1.54) is 0 Å². The molecule has 0 saturated carbocycles. The van der Waals surface area contributed by atoms with Gasteiger partial charge in [0, 0.05) is 17.9 Å². The maximum absolute atomic E-state index is 6.04. The molecule has 1 fully saturated rings.